The minimum Gasteiger partial charge on any atom is -0.493 e. The van der Waals surface area contributed by atoms with Gasteiger partial charge in [0.2, 0.25) is 0 Å². The second-order valence-corrected chi connectivity index (χ2v) is 16.0. The summed E-state index contributed by atoms with van der Waals surface area (Å²) in [5, 5.41) is 0.834. The van der Waals surface area contributed by atoms with Crippen LogP contribution < -0.4 is 18.9 Å². The number of hydrogen-bond acceptors (Lipinski definition) is 8. The number of rotatable bonds is 14. The van der Waals surface area contributed by atoms with Gasteiger partial charge in [-0.2, -0.15) is 0 Å². The van der Waals surface area contributed by atoms with Crippen LogP contribution in [-0.2, 0) is 9.47 Å². The Morgan fingerprint density at radius 2 is 1.27 bits per heavy atom. The van der Waals surface area contributed by atoms with Crippen LogP contribution in [0.3, 0.4) is 0 Å². The Morgan fingerprint density at radius 1 is 0.714 bits per heavy atom. The summed E-state index contributed by atoms with van der Waals surface area (Å²) in [6, 6.07) is 15.4. The Bertz CT molecular complexity index is 1160. The molecule has 4 fully saturated rings. The van der Waals surface area contributed by atoms with E-state index in [2.05, 4.69) is 20.8 Å². The van der Waals surface area contributed by atoms with Crippen molar-refractivity contribution in [2.45, 2.75) is 80.7 Å². The zero-order chi connectivity index (χ0) is 34.5. The molecule has 0 spiro atoms. The van der Waals surface area contributed by atoms with Crippen LogP contribution in [0.4, 0.5) is 8.78 Å². The third-order valence-electron chi connectivity index (χ3n) is 8.92. The smallest absolute Gasteiger partial charge is 0.199 e. The van der Waals surface area contributed by atoms with Crippen molar-refractivity contribution in [1.82, 2.24) is 4.90 Å². The van der Waals surface area contributed by atoms with Crippen LogP contribution in [0, 0.1) is 15.4 Å². The van der Waals surface area contributed by atoms with E-state index >= 15 is 0 Å². The molecule has 8 nitrogen and oxygen atoms in total. The molecule has 0 amide bonds. The van der Waals surface area contributed by atoms with Crippen LogP contribution in [0.15, 0.2) is 48.5 Å². The zero-order valence-corrected chi connectivity index (χ0v) is 32.3. The van der Waals surface area contributed by atoms with E-state index in [0.717, 1.165) is 119 Å². The van der Waals surface area contributed by atoms with E-state index in [1.54, 1.807) is 0 Å². The SMILES string of the molecule is BrCCOc1ccc(OC2CCCCO2)cc1.FC[C@@H]1CCN(CCOc2ccc(OC3CCCCO3)cc2)C1.N=IC1CC[C@@H](CF)C1. The molecule has 1 aliphatic carbocycles. The van der Waals surface area contributed by atoms with Crippen molar-refractivity contribution < 1.29 is 37.2 Å². The van der Waals surface area contributed by atoms with E-state index < -0.39 is 0 Å². The molecule has 0 radical (unpaired) electrons. The van der Waals surface area contributed by atoms with Gasteiger partial charge in [-0.15, -0.1) is 0 Å². The Morgan fingerprint density at radius 3 is 1.69 bits per heavy atom. The second kappa shape index (κ2) is 23.8. The molecule has 2 aromatic carbocycles. The summed E-state index contributed by atoms with van der Waals surface area (Å²) in [5.74, 6) is 3.88. The van der Waals surface area contributed by atoms with E-state index in [1.807, 2.05) is 48.5 Å². The van der Waals surface area contributed by atoms with E-state index in [9.17, 15) is 8.78 Å². The summed E-state index contributed by atoms with van der Waals surface area (Å²) < 4.78 is 66.1. The molecule has 3 aliphatic heterocycles. The maximum absolute atomic E-state index is 12.6. The first-order chi connectivity index (χ1) is 24.1. The maximum atomic E-state index is 12.6. The van der Waals surface area contributed by atoms with Crippen molar-refractivity contribution in [2.24, 2.45) is 11.8 Å². The first kappa shape index (κ1) is 40.2. The molecule has 1 N–H and O–H groups in total. The molecule has 0 aromatic heterocycles. The molecular formula is C37H54BrF2IN2O6. The quantitative estimate of drug-likeness (QED) is 0.150. The van der Waals surface area contributed by atoms with Gasteiger partial charge in [-0.05, 0) is 133 Å². The van der Waals surface area contributed by atoms with Gasteiger partial charge in [0, 0.05) is 41.1 Å². The van der Waals surface area contributed by atoms with E-state index in [4.69, 9.17) is 32.0 Å². The highest BCUT2D eigenvalue weighted by atomic mass is 127. The van der Waals surface area contributed by atoms with E-state index in [0.29, 0.717) is 23.1 Å². The van der Waals surface area contributed by atoms with Crippen LogP contribution in [0.1, 0.15) is 64.2 Å². The topological polar surface area (TPSA) is 82.5 Å². The van der Waals surface area contributed by atoms with Gasteiger partial charge in [0.05, 0.1) is 33.2 Å². The molecular weight excluding hydrogens is 813 g/mol. The monoisotopic (exact) mass is 866 g/mol. The zero-order valence-electron chi connectivity index (χ0n) is 28.6. The van der Waals surface area contributed by atoms with Crippen molar-refractivity contribution in [1.29, 1.82) is 3.56 Å². The van der Waals surface area contributed by atoms with Crippen LogP contribution in [0.2, 0.25) is 0 Å². The third kappa shape index (κ3) is 15.7. The fraction of sp³-hybridized carbons (Fsp3) is 0.676. The predicted octanol–water partition coefficient (Wildman–Crippen LogP) is 9.49. The number of nitrogens with zero attached hydrogens (tertiary/aromatic N) is 1. The molecule has 1 saturated carbocycles. The van der Waals surface area contributed by atoms with E-state index in [1.165, 1.54) is 6.42 Å². The molecule has 4 aliphatic rings. The lowest BCUT2D eigenvalue weighted by Crippen LogP contribution is -2.26. The Hall–Kier alpha value is -1.61. The molecule has 6 rings (SSSR count). The Labute approximate surface area is 309 Å². The molecule has 2 aromatic rings. The molecule has 276 valence electrons. The van der Waals surface area contributed by atoms with Gasteiger partial charge < -0.3 is 28.4 Å². The van der Waals surface area contributed by atoms with Crippen molar-refractivity contribution >= 4 is 37.0 Å². The fourth-order valence-corrected chi connectivity index (χ4v) is 7.89. The number of hydrogen-bond donors (Lipinski definition) is 1. The van der Waals surface area contributed by atoms with Gasteiger partial charge in [0.15, 0.2) is 12.6 Å². The number of ether oxygens (including phenoxy) is 6. The first-order valence-corrected chi connectivity index (χ1v) is 21.2. The molecule has 3 unspecified atom stereocenters. The van der Waals surface area contributed by atoms with Crippen LogP contribution in [0.5, 0.6) is 23.0 Å². The summed E-state index contributed by atoms with van der Waals surface area (Å²) in [7, 11) is 0. The number of halogens is 4. The second-order valence-electron chi connectivity index (χ2n) is 12.8. The normalized spacial score (nSPS) is 25.3. The number of likely N-dealkylation sites (tertiary alicyclic amines) is 1. The molecule has 0 bridgehead atoms. The average Bonchev–Trinajstić information content (AvgIpc) is 3.83. The molecule has 3 saturated heterocycles. The van der Waals surface area contributed by atoms with Crippen LogP contribution in [0.25, 0.3) is 0 Å². The summed E-state index contributed by atoms with van der Waals surface area (Å²) in [4.78, 5) is 2.27. The number of nitrogens with one attached hydrogen (secondary N) is 1. The summed E-state index contributed by atoms with van der Waals surface area (Å²) in [5.41, 5.74) is 0. The highest BCUT2D eigenvalue weighted by Gasteiger charge is 2.23. The molecule has 3 heterocycles. The molecule has 49 heavy (non-hydrogen) atoms. The van der Waals surface area contributed by atoms with Crippen molar-refractivity contribution in [3.05, 3.63) is 48.5 Å². The van der Waals surface area contributed by atoms with Crippen molar-refractivity contribution in [3.8, 4) is 23.0 Å². The number of alkyl halides is 4. The van der Waals surface area contributed by atoms with Crippen molar-refractivity contribution in [3.63, 3.8) is 0 Å². The van der Waals surface area contributed by atoms with Gasteiger partial charge in [0.1, 0.15) is 29.6 Å². The minimum absolute atomic E-state index is 0.0851. The lowest BCUT2D eigenvalue weighted by molar-refractivity contribution is -0.106. The van der Waals surface area contributed by atoms with Crippen LogP contribution in [-0.4, -0.2) is 86.1 Å². The molecule has 12 heteroatoms. The fourth-order valence-electron chi connectivity index (χ4n) is 6.08. The average molecular weight is 868 g/mol. The lowest BCUT2D eigenvalue weighted by Gasteiger charge is -2.23. The summed E-state index contributed by atoms with van der Waals surface area (Å²) in [6.07, 6.45) is 10.5. The summed E-state index contributed by atoms with van der Waals surface area (Å²) >= 11 is 2.97. The largest absolute Gasteiger partial charge is 0.493 e. The Kier molecular flexibility index (Phi) is 19.5. The van der Waals surface area contributed by atoms with Gasteiger partial charge in [-0.25, -0.2) is 0 Å². The number of benzene rings is 2. The first-order valence-electron chi connectivity index (χ1n) is 17.8. The standard InChI is InChI=1S/C18H26FNO3.C13H17BrO3.C6H11FIN/c19-13-15-8-9-20(14-15)10-12-21-16-4-6-17(7-5-16)23-18-3-1-2-11-22-18;14-8-10-15-11-4-6-12(7-5-11)17-13-3-1-2-9-16-13;7-4-5-1-2-6(3-5)8-9/h4-7,15,18H,1-3,8-14H2;4-7,13H,1-3,8-10H2;5-6,9H,1-4H2/t15-,18?;;5-,6?/m0.1/s1. The molecule has 5 atom stereocenters. The van der Waals surface area contributed by atoms with Gasteiger partial charge in [-0.1, -0.05) is 15.9 Å². The summed E-state index contributed by atoms with van der Waals surface area (Å²) in [6.45, 7) is 5.22. The highest BCUT2D eigenvalue weighted by molar-refractivity contribution is 14.1. The van der Waals surface area contributed by atoms with E-state index in [-0.39, 0.29) is 52.9 Å². The third-order valence-corrected chi connectivity index (χ3v) is 11.3. The Balaban J connectivity index is 0.000000182. The van der Waals surface area contributed by atoms with Gasteiger partial charge in [-0.3, -0.25) is 17.2 Å². The maximum Gasteiger partial charge on any atom is 0.199 e. The predicted molar refractivity (Wildman–Crippen MR) is 200 cm³/mol. The van der Waals surface area contributed by atoms with Crippen molar-refractivity contribution in [2.75, 3.05) is 64.7 Å². The van der Waals surface area contributed by atoms with Crippen LogP contribution >= 0.6 is 37.0 Å². The highest BCUT2D eigenvalue weighted by Crippen LogP contribution is 2.33. The van der Waals surface area contributed by atoms with Gasteiger partial charge in [0.25, 0.3) is 0 Å². The lowest BCUT2D eigenvalue weighted by atomic mass is 10.1. The van der Waals surface area contributed by atoms with Gasteiger partial charge >= 0.3 is 0 Å². The minimum atomic E-state index is -0.346.